The zero-order chi connectivity index (χ0) is 14.1. The van der Waals surface area contributed by atoms with Gasteiger partial charge in [0.1, 0.15) is 6.10 Å². The van der Waals surface area contributed by atoms with Crippen molar-refractivity contribution in [3.63, 3.8) is 0 Å². The van der Waals surface area contributed by atoms with Crippen LogP contribution in [0.2, 0.25) is 0 Å². The normalized spacial score (nSPS) is 13.8. The van der Waals surface area contributed by atoms with Crippen molar-refractivity contribution in [2.24, 2.45) is 5.73 Å². The second-order valence-corrected chi connectivity index (χ2v) is 4.50. The fraction of sp³-hybridized carbons (Fsp3) is 0.500. The van der Waals surface area contributed by atoms with Crippen LogP contribution in [0.5, 0.6) is 0 Å². The molecule has 0 aromatic heterocycles. The average molecular weight is 266 g/mol. The van der Waals surface area contributed by atoms with Crippen molar-refractivity contribution in [3.05, 3.63) is 35.9 Å². The molecular weight excluding hydrogens is 244 g/mol. The summed E-state index contributed by atoms with van der Waals surface area (Å²) in [6, 6.07) is 9.27. The number of nitrogens with one attached hydrogen (secondary N) is 1. The van der Waals surface area contributed by atoms with Gasteiger partial charge in [-0.25, -0.2) is 0 Å². The Morgan fingerprint density at radius 1 is 1.32 bits per heavy atom. The molecule has 5 nitrogen and oxygen atoms in total. The van der Waals surface area contributed by atoms with Crippen molar-refractivity contribution >= 4 is 5.91 Å². The van der Waals surface area contributed by atoms with Crippen molar-refractivity contribution in [3.8, 4) is 0 Å². The average Bonchev–Trinajstić information content (AvgIpc) is 2.44. The number of hydrogen-bond acceptors (Lipinski definition) is 4. The number of aryl methyl sites for hydroxylation is 1. The highest BCUT2D eigenvalue weighted by Crippen LogP contribution is 2.02. The summed E-state index contributed by atoms with van der Waals surface area (Å²) in [5.41, 5.74) is 6.77. The van der Waals surface area contributed by atoms with Crippen LogP contribution in [0.25, 0.3) is 0 Å². The van der Waals surface area contributed by atoms with Crippen LogP contribution >= 0.6 is 0 Å². The van der Waals surface area contributed by atoms with Gasteiger partial charge < -0.3 is 21.3 Å². The molecule has 2 atom stereocenters. The summed E-state index contributed by atoms with van der Waals surface area (Å²) in [5, 5.41) is 20.9. The van der Waals surface area contributed by atoms with Crippen LogP contribution in [0.4, 0.5) is 0 Å². The summed E-state index contributed by atoms with van der Waals surface area (Å²) in [4.78, 5) is 11.5. The predicted molar refractivity (Wildman–Crippen MR) is 73.5 cm³/mol. The first-order valence-corrected chi connectivity index (χ1v) is 6.51. The molecule has 0 saturated heterocycles. The number of nitrogens with two attached hydrogens (primary N) is 1. The van der Waals surface area contributed by atoms with Crippen molar-refractivity contribution in [1.82, 2.24) is 5.32 Å². The summed E-state index contributed by atoms with van der Waals surface area (Å²) in [5.74, 6) is -0.478. The summed E-state index contributed by atoms with van der Waals surface area (Å²) < 4.78 is 0. The van der Waals surface area contributed by atoms with Gasteiger partial charge in [-0.15, -0.1) is 0 Å². The van der Waals surface area contributed by atoms with E-state index in [0.717, 1.165) is 12.8 Å². The van der Waals surface area contributed by atoms with Gasteiger partial charge in [-0.3, -0.25) is 4.79 Å². The zero-order valence-corrected chi connectivity index (χ0v) is 11.0. The molecule has 0 bridgehead atoms. The minimum absolute atomic E-state index is 0.139. The first kappa shape index (κ1) is 15.6. The molecule has 1 rings (SSSR count). The van der Waals surface area contributed by atoms with E-state index in [2.05, 4.69) is 5.32 Å². The van der Waals surface area contributed by atoms with Crippen LogP contribution in [-0.2, 0) is 11.2 Å². The van der Waals surface area contributed by atoms with Crippen molar-refractivity contribution in [1.29, 1.82) is 0 Å². The van der Waals surface area contributed by atoms with Crippen LogP contribution < -0.4 is 11.1 Å². The lowest BCUT2D eigenvalue weighted by Gasteiger charge is -2.17. The maximum atomic E-state index is 11.5. The lowest BCUT2D eigenvalue weighted by atomic mass is 10.1. The van der Waals surface area contributed by atoms with Gasteiger partial charge in [-0.1, -0.05) is 30.3 Å². The summed E-state index contributed by atoms with van der Waals surface area (Å²) in [6.07, 6.45) is 0.625. The summed E-state index contributed by atoms with van der Waals surface area (Å²) in [7, 11) is 0. The molecule has 0 spiro atoms. The van der Waals surface area contributed by atoms with E-state index in [0.29, 0.717) is 6.54 Å². The third kappa shape index (κ3) is 5.83. The monoisotopic (exact) mass is 266 g/mol. The highest BCUT2D eigenvalue weighted by Gasteiger charge is 2.21. The van der Waals surface area contributed by atoms with E-state index in [1.54, 1.807) is 0 Å². The van der Waals surface area contributed by atoms with Gasteiger partial charge in [-0.05, 0) is 24.8 Å². The maximum Gasteiger partial charge on any atom is 0.250 e. The Labute approximate surface area is 113 Å². The molecule has 0 radical (unpaired) electrons. The first-order chi connectivity index (χ1) is 9.15. The number of rotatable bonds is 8. The number of aliphatic hydroxyl groups is 2. The Balaban J connectivity index is 2.20. The van der Waals surface area contributed by atoms with Crippen LogP contribution in [0.1, 0.15) is 18.4 Å². The van der Waals surface area contributed by atoms with E-state index in [4.69, 9.17) is 10.8 Å². The van der Waals surface area contributed by atoms with E-state index in [1.165, 1.54) is 5.56 Å². The number of carbonyl (C=O) groups excluding carboxylic acids is 1. The van der Waals surface area contributed by atoms with E-state index >= 15 is 0 Å². The highest BCUT2D eigenvalue weighted by atomic mass is 16.3. The number of aliphatic hydroxyl groups excluding tert-OH is 2. The van der Waals surface area contributed by atoms with Crippen molar-refractivity contribution < 1.29 is 15.0 Å². The van der Waals surface area contributed by atoms with Gasteiger partial charge in [0.25, 0.3) is 0 Å². The molecule has 0 aliphatic carbocycles. The largest absolute Gasteiger partial charge is 0.396 e. The minimum atomic E-state index is -1.26. The number of carbonyl (C=O) groups is 1. The van der Waals surface area contributed by atoms with E-state index in [9.17, 15) is 9.90 Å². The van der Waals surface area contributed by atoms with E-state index in [1.807, 2.05) is 30.3 Å². The second kappa shape index (κ2) is 8.63. The van der Waals surface area contributed by atoms with Gasteiger partial charge in [-0.2, -0.15) is 0 Å². The fourth-order valence-corrected chi connectivity index (χ4v) is 1.75. The van der Waals surface area contributed by atoms with E-state index in [-0.39, 0.29) is 13.0 Å². The Morgan fingerprint density at radius 2 is 2.00 bits per heavy atom. The van der Waals surface area contributed by atoms with Gasteiger partial charge in [0.15, 0.2) is 0 Å². The van der Waals surface area contributed by atoms with Crippen LogP contribution in [0.15, 0.2) is 30.3 Å². The Morgan fingerprint density at radius 3 is 2.63 bits per heavy atom. The number of benzene rings is 1. The van der Waals surface area contributed by atoms with Crippen LogP contribution in [0, 0.1) is 0 Å². The van der Waals surface area contributed by atoms with Crippen molar-refractivity contribution in [2.45, 2.75) is 31.4 Å². The third-order valence-corrected chi connectivity index (χ3v) is 2.92. The highest BCUT2D eigenvalue weighted by molar-refractivity contribution is 5.81. The molecule has 106 valence electrons. The SMILES string of the molecule is NC(CCO)C(O)C(=O)NCCCc1ccccc1. The molecule has 5 N–H and O–H groups in total. The number of hydrogen-bond donors (Lipinski definition) is 4. The standard InChI is InChI=1S/C14H22N2O3/c15-12(8-10-17)13(18)14(19)16-9-4-7-11-5-2-1-3-6-11/h1-3,5-6,12-13,17-18H,4,7-10,15H2,(H,16,19). The molecule has 0 aliphatic heterocycles. The first-order valence-electron chi connectivity index (χ1n) is 6.51. The molecule has 1 aromatic rings. The second-order valence-electron chi connectivity index (χ2n) is 4.50. The Hall–Kier alpha value is -1.43. The molecule has 2 unspecified atom stereocenters. The molecular formula is C14H22N2O3. The van der Waals surface area contributed by atoms with Gasteiger partial charge in [0.2, 0.25) is 5.91 Å². The molecule has 19 heavy (non-hydrogen) atoms. The molecule has 0 heterocycles. The summed E-state index contributed by atoms with van der Waals surface area (Å²) >= 11 is 0. The smallest absolute Gasteiger partial charge is 0.250 e. The maximum absolute atomic E-state index is 11.5. The topological polar surface area (TPSA) is 95.6 Å². The minimum Gasteiger partial charge on any atom is -0.396 e. The molecule has 0 aliphatic rings. The number of amides is 1. The third-order valence-electron chi connectivity index (χ3n) is 2.92. The summed E-state index contributed by atoms with van der Waals surface area (Å²) in [6.45, 7) is 0.357. The van der Waals surface area contributed by atoms with Gasteiger partial charge in [0.05, 0.1) is 0 Å². The van der Waals surface area contributed by atoms with Gasteiger partial charge in [0, 0.05) is 19.2 Å². The van der Waals surface area contributed by atoms with Crippen LogP contribution in [-0.4, -0.2) is 41.4 Å². The van der Waals surface area contributed by atoms with E-state index < -0.39 is 18.1 Å². The quantitative estimate of drug-likeness (QED) is 0.490. The molecule has 5 heteroatoms. The zero-order valence-electron chi connectivity index (χ0n) is 11.0. The predicted octanol–water partition coefficient (Wildman–Crippen LogP) is -0.194. The lowest BCUT2D eigenvalue weighted by Crippen LogP contribution is -2.47. The van der Waals surface area contributed by atoms with Crippen molar-refractivity contribution in [2.75, 3.05) is 13.2 Å². The molecule has 1 amide bonds. The lowest BCUT2D eigenvalue weighted by molar-refractivity contribution is -0.130. The molecule has 0 fully saturated rings. The Kier molecular flexibility index (Phi) is 7.10. The molecule has 0 saturated carbocycles. The Bertz CT molecular complexity index is 370. The fourth-order valence-electron chi connectivity index (χ4n) is 1.75. The van der Waals surface area contributed by atoms with Gasteiger partial charge >= 0.3 is 0 Å². The molecule has 1 aromatic carbocycles. The van der Waals surface area contributed by atoms with Crippen LogP contribution in [0.3, 0.4) is 0 Å².